The van der Waals surface area contributed by atoms with Crippen LogP contribution in [0, 0.1) is 0 Å². The standard InChI is InChI=1S/C15H26N2O2S/c1-5-15(3)14(19)17(10(2)13(18)16-15)11-7-6-8-12(9-11)20-4/h10-12H,5-9H2,1-4H3,(H,16,18). The van der Waals surface area contributed by atoms with Gasteiger partial charge in [0.25, 0.3) is 0 Å². The Morgan fingerprint density at radius 1 is 1.40 bits per heavy atom. The minimum Gasteiger partial charge on any atom is -0.340 e. The van der Waals surface area contributed by atoms with Gasteiger partial charge in [0, 0.05) is 11.3 Å². The highest BCUT2D eigenvalue weighted by molar-refractivity contribution is 7.99. The zero-order chi connectivity index (χ0) is 14.9. The molecule has 1 aliphatic heterocycles. The molecule has 0 aromatic carbocycles. The number of thioether (sulfide) groups is 1. The Labute approximate surface area is 126 Å². The normalized spacial score (nSPS) is 38.8. The average Bonchev–Trinajstić information content (AvgIpc) is 2.46. The van der Waals surface area contributed by atoms with Crippen LogP contribution in [0.15, 0.2) is 0 Å². The van der Waals surface area contributed by atoms with Crippen LogP contribution in [0.5, 0.6) is 0 Å². The third-order valence-corrected chi connectivity index (χ3v) is 6.03. The quantitative estimate of drug-likeness (QED) is 0.869. The fraction of sp³-hybridized carbons (Fsp3) is 0.867. The first-order valence-corrected chi connectivity index (χ1v) is 8.89. The summed E-state index contributed by atoms with van der Waals surface area (Å²) < 4.78 is 0. The van der Waals surface area contributed by atoms with Gasteiger partial charge in [0.1, 0.15) is 11.6 Å². The molecule has 2 rings (SSSR count). The first kappa shape index (κ1) is 15.7. The highest BCUT2D eigenvalue weighted by atomic mass is 32.2. The fourth-order valence-electron chi connectivity index (χ4n) is 3.33. The molecule has 1 aliphatic carbocycles. The van der Waals surface area contributed by atoms with E-state index in [1.165, 1.54) is 6.42 Å². The summed E-state index contributed by atoms with van der Waals surface area (Å²) in [6, 6.07) is -0.117. The van der Waals surface area contributed by atoms with Crippen LogP contribution in [-0.2, 0) is 9.59 Å². The molecule has 0 aromatic heterocycles. The number of rotatable bonds is 3. The summed E-state index contributed by atoms with van der Waals surface area (Å²) in [6.45, 7) is 5.66. The molecule has 0 bridgehead atoms. The molecule has 1 saturated heterocycles. The number of carbonyl (C=O) groups excluding carboxylic acids is 2. The lowest BCUT2D eigenvalue weighted by Crippen LogP contribution is -2.70. The van der Waals surface area contributed by atoms with Gasteiger partial charge in [-0.25, -0.2) is 0 Å². The van der Waals surface area contributed by atoms with Crippen molar-refractivity contribution in [3.63, 3.8) is 0 Å². The molecule has 2 amide bonds. The summed E-state index contributed by atoms with van der Waals surface area (Å²) in [6.07, 6.45) is 7.20. The number of piperazine rings is 1. The summed E-state index contributed by atoms with van der Waals surface area (Å²) in [7, 11) is 0. The summed E-state index contributed by atoms with van der Waals surface area (Å²) in [4.78, 5) is 26.9. The minimum atomic E-state index is -0.726. The van der Waals surface area contributed by atoms with E-state index in [-0.39, 0.29) is 23.9 Å². The molecule has 4 nitrogen and oxygen atoms in total. The summed E-state index contributed by atoms with van der Waals surface area (Å²) in [5.41, 5.74) is -0.726. The highest BCUT2D eigenvalue weighted by Gasteiger charge is 2.48. The average molecular weight is 298 g/mol. The van der Waals surface area contributed by atoms with E-state index >= 15 is 0 Å². The molecule has 5 heteroatoms. The maximum absolute atomic E-state index is 12.8. The van der Waals surface area contributed by atoms with Crippen molar-refractivity contribution in [2.45, 2.75) is 75.7 Å². The number of carbonyl (C=O) groups is 2. The van der Waals surface area contributed by atoms with Crippen LogP contribution in [0.4, 0.5) is 0 Å². The number of nitrogens with one attached hydrogen (secondary N) is 1. The molecule has 0 spiro atoms. The topological polar surface area (TPSA) is 49.4 Å². The van der Waals surface area contributed by atoms with Gasteiger partial charge in [0.2, 0.25) is 11.8 Å². The smallest absolute Gasteiger partial charge is 0.248 e. The second-order valence-electron chi connectivity index (χ2n) is 6.24. The van der Waals surface area contributed by atoms with E-state index < -0.39 is 5.54 Å². The van der Waals surface area contributed by atoms with Gasteiger partial charge in [0.05, 0.1) is 0 Å². The van der Waals surface area contributed by atoms with Crippen molar-refractivity contribution in [2.24, 2.45) is 0 Å². The SMILES string of the molecule is CCC1(C)NC(=O)C(C)N(C2CCCC(SC)C2)C1=O. The van der Waals surface area contributed by atoms with Gasteiger partial charge in [-0.05, 0) is 45.8 Å². The zero-order valence-corrected chi connectivity index (χ0v) is 13.8. The lowest BCUT2D eigenvalue weighted by Gasteiger charge is -2.48. The van der Waals surface area contributed by atoms with Gasteiger partial charge < -0.3 is 10.2 Å². The molecule has 4 unspecified atom stereocenters. The lowest BCUT2D eigenvalue weighted by atomic mass is 9.87. The van der Waals surface area contributed by atoms with E-state index in [9.17, 15) is 9.59 Å². The van der Waals surface area contributed by atoms with Crippen LogP contribution in [0.1, 0.15) is 52.9 Å². The number of hydrogen-bond donors (Lipinski definition) is 1. The van der Waals surface area contributed by atoms with Crippen LogP contribution < -0.4 is 5.32 Å². The van der Waals surface area contributed by atoms with Gasteiger partial charge in [-0.2, -0.15) is 11.8 Å². The molecular formula is C15H26N2O2S. The summed E-state index contributed by atoms with van der Waals surface area (Å²) in [5.74, 6) is 0.0825. The van der Waals surface area contributed by atoms with Gasteiger partial charge in [-0.1, -0.05) is 13.3 Å². The predicted octanol–water partition coefficient (Wildman–Crippen LogP) is 2.18. The Bertz CT molecular complexity index is 401. The van der Waals surface area contributed by atoms with Gasteiger partial charge in [-0.3, -0.25) is 9.59 Å². The van der Waals surface area contributed by atoms with Crippen molar-refractivity contribution < 1.29 is 9.59 Å². The molecular weight excluding hydrogens is 272 g/mol. The van der Waals surface area contributed by atoms with Gasteiger partial charge in [0.15, 0.2) is 0 Å². The Hall–Kier alpha value is -0.710. The lowest BCUT2D eigenvalue weighted by molar-refractivity contribution is -0.157. The molecule has 114 valence electrons. The fourth-order valence-corrected chi connectivity index (χ4v) is 4.14. The predicted molar refractivity (Wildman–Crippen MR) is 82.7 cm³/mol. The summed E-state index contributed by atoms with van der Waals surface area (Å²) in [5, 5.41) is 3.52. The molecule has 1 heterocycles. The largest absolute Gasteiger partial charge is 0.340 e. The van der Waals surface area contributed by atoms with Gasteiger partial charge >= 0.3 is 0 Å². The van der Waals surface area contributed by atoms with Crippen LogP contribution in [0.3, 0.4) is 0 Å². The first-order chi connectivity index (χ1) is 9.42. The molecule has 0 aromatic rings. The van der Waals surface area contributed by atoms with Crippen LogP contribution in [0.25, 0.3) is 0 Å². The summed E-state index contributed by atoms with van der Waals surface area (Å²) >= 11 is 1.88. The second kappa shape index (κ2) is 5.96. The van der Waals surface area contributed by atoms with Crippen LogP contribution >= 0.6 is 11.8 Å². The van der Waals surface area contributed by atoms with Crippen molar-refractivity contribution >= 4 is 23.6 Å². The van der Waals surface area contributed by atoms with Crippen molar-refractivity contribution in [2.75, 3.05) is 6.26 Å². The van der Waals surface area contributed by atoms with E-state index in [0.717, 1.165) is 19.3 Å². The van der Waals surface area contributed by atoms with E-state index in [4.69, 9.17) is 0 Å². The molecule has 1 N–H and O–H groups in total. The second-order valence-corrected chi connectivity index (χ2v) is 7.38. The van der Waals surface area contributed by atoms with Crippen molar-refractivity contribution in [1.82, 2.24) is 10.2 Å². The molecule has 4 atom stereocenters. The van der Waals surface area contributed by atoms with Crippen molar-refractivity contribution in [1.29, 1.82) is 0 Å². The number of nitrogens with zero attached hydrogens (tertiary/aromatic N) is 1. The zero-order valence-electron chi connectivity index (χ0n) is 12.9. The molecule has 0 radical (unpaired) electrons. The number of hydrogen-bond acceptors (Lipinski definition) is 3. The van der Waals surface area contributed by atoms with E-state index in [1.807, 2.05) is 37.4 Å². The van der Waals surface area contributed by atoms with Crippen LogP contribution in [0.2, 0.25) is 0 Å². The highest BCUT2D eigenvalue weighted by Crippen LogP contribution is 2.33. The number of amides is 2. The monoisotopic (exact) mass is 298 g/mol. The Morgan fingerprint density at radius 3 is 2.70 bits per heavy atom. The van der Waals surface area contributed by atoms with Crippen LogP contribution in [-0.4, -0.2) is 45.8 Å². The Kier molecular flexibility index (Phi) is 4.67. The third-order valence-electron chi connectivity index (χ3n) is 4.93. The Balaban J connectivity index is 2.22. The maximum Gasteiger partial charge on any atom is 0.248 e. The molecule has 2 aliphatic rings. The van der Waals surface area contributed by atoms with Gasteiger partial charge in [-0.15, -0.1) is 0 Å². The molecule has 1 saturated carbocycles. The third kappa shape index (κ3) is 2.69. The van der Waals surface area contributed by atoms with Crippen molar-refractivity contribution in [3.05, 3.63) is 0 Å². The molecule has 20 heavy (non-hydrogen) atoms. The maximum atomic E-state index is 12.8. The van der Waals surface area contributed by atoms with E-state index in [1.54, 1.807) is 0 Å². The van der Waals surface area contributed by atoms with E-state index in [2.05, 4.69) is 11.6 Å². The Morgan fingerprint density at radius 2 is 2.10 bits per heavy atom. The first-order valence-electron chi connectivity index (χ1n) is 7.60. The minimum absolute atomic E-state index is 0.0137. The molecule has 2 fully saturated rings. The van der Waals surface area contributed by atoms with E-state index in [0.29, 0.717) is 11.7 Å². The van der Waals surface area contributed by atoms with Crippen molar-refractivity contribution in [3.8, 4) is 0 Å².